The quantitative estimate of drug-likeness (QED) is 0.595. The van der Waals surface area contributed by atoms with E-state index in [0.29, 0.717) is 22.1 Å². The van der Waals surface area contributed by atoms with E-state index in [2.05, 4.69) is 15.5 Å². The fourth-order valence-electron chi connectivity index (χ4n) is 2.87. The summed E-state index contributed by atoms with van der Waals surface area (Å²) in [6.45, 7) is 3.28. The van der Waals surface area contributed by atoms with Crippen molar-refractivity contribution in [2.45, 2.75) is 20.4 Å². The molecule has 0 atom stereocenters. The van der Waals surface area contributed by atoms with Gasteiger partial charge in [-0.25, -0.2) is 8.42 Å². The third-order valence-electron chi connectivity index (χ3n) is 4.30. The first kappa shape index (κ1) is 21.8. The summed E-state index contributed by atoms with van der Waals surface area (Å²) >= 11 is 5.94. The van der Waals surface area contributed by atoms with E-state index >= 15 is 0 Å². The second-order valence-corrected chi connectivity index (χ2v) is 9.20. The highest BCUT2D eigenvalue weighted by Gasteiger charge is 2.22. The predicted molar refractivity (Wildman–Crippen MR) is 115 cm³/mol. The molecule has 0 aliphatic heterocycles. The lowest BCUT2D eigenvalue weighted by Crippen LogP contribution is -2.40. The van der Waals surface area contributed by atoms with Gasteiger partial charge in [0.1, 0.15) is 6.54 Å². The number of aromatic nitrogens is 2. The molecule has 30 heavy (non-hydrogen) atoms. The second-order valence-electron chi connectivity index (χ2n) is 6.86. The third-order valence-corrected chi connectivity index (χ3v) is 5.66. The first-order chi connectivity index (χ1) is 14.1. The average molecular weight is 449 g/mol. The number of hydrogen-bond donors (Lipinski definition) is 1. The number of aryl methyl sites for hydroxylation is 2. The van der Waals surface area contributed by atoms with Gasteiger partial charge in [0.15, 0.2) is 0 Å². The zero-order valence-corrected chi connectivity index (χ0v) is 18.3. The minimum Gasteiger partial charge on any atom is -0.345 e. The maximum atomic E-state index is 12.4. The van der Waals surface area contributed by atoms with Crippen LogP contribution in [0.5, 0.6) is 0 Å². The molecule has 158 valence electrons. The summed E-state index contributed by atoms with van der Waals surface area (Å²) in [6, 6.07) is 12.4. The molecule has 0 unspecified atom stereocenters. The maximum Gasteiger partial charge on any atom is 0.246 e. The van der Waals surface area contributed by atoms with Gasteiger partial charge in [0.25, 0.3) is 0 Å². The molecule has 0 fully saturated rings. The summed E-state index contributed by atoms with van der Waals surface area (Å²) in [7, 11) is -3.69. The van der Waals surface area contributed by atoms with Crippen LogP contribution in [0.3, 0.4) is 0 Å². The lowest BCUT2D eigenvalue weighted by Gasteiger charge is -2.23. The molecule has 1 amide bonds. The molecule has 8 nitrogen and oxygen atoms in total. The van der Waals surface area contributed by atoms with E-state index in [0.717, 1.165) is 21.7 Å². The molecule has 0 saturated carbocycles. The first-order valence-electron chi connectivity index (χ1n) is 9.03. The Bertz CT molecular complexity index is 1180. The number of amides is 1. The van der Waals surface area contributed by atoms with Gasteiger partial charge in [-0.1, -0.05) is 40.5 Å². The number of sulfonamides is 1. The molecule has 0 aliphatic rings. The highest BCUT2D eigenvalue weighted by atomic mass is 35.5. The normalized spacial score (nSPS) is 11.3. The Labute approximate surface area is 179 Å². The van der Waals surface area contributed by atoms with Crippen molar-refractivity contribution in [3.63, 3.8) is 0 Å². The van der Waals surface area contributed by atoms with Crippen LogP contribution in [0.2, 0.25) is 5.02 Å². The molecule has 0 spiro atoms. The van der Waals surface area contributed by atoms with Gasteiger partial charge in [-0.05, 0) is 43.7 Å². The molecule has 0 aliphatic carbocycles. The standard InChI is InChI=1S/C20H21ClN4O4S/c1-13-5-4-6-15(9-13)20-23-19(29-24-20)11-22-18(26)12-25(30(3,27)28)17-8-7-16(21)10-14(17)2/h4-10H,11-12H2,1-3H3,(H,22,26). The summed E-state index contributed by atoms with van der Waals surface area (Å²) < 4.78 is 30.7. The van der Waals surface area contributed by atoms with Gasteiger partial charge in [0.05, 0.1) is 18.5 Å². The van der Waals surface area contributed by atoms with Gasteiger partial charge in [-0.3, -0.25) is 9.10 Å². The van der Waals surface area contributed by atoms with E-state index in [1.165, 1.54) is 0 Å². The fraction of sp³-hybridized carbons (Fsp3) is 0.250. The average Bonchev–Trinajstić information content (AvgIpc) is 3.13. The van der Waals surface area contributed by atoms with Crippen molar-refractivity contribution in [2.24, 2.45) is 0 Å². The number of nitrogens with one attached hydrogen (secondary N) is 1. The Kier molecular flexibility index (Phi) is 6.42. The molecule has 1 aromatic heterocycles. The number of halogens is 1. The molecular weight excluding hydrogens is 428 g/mol. The van der Waals surface area contributed by atoms with Gasteiger partial charge in [0, 0.05) is 10.6 Å². The van der Waals surface area contributed by atoms with Crippen LogP contribution in [0.1, 0.15) is 17.0 Å². The molecule has 3 rings (SSSR count). The van der Waals surface area contributed by atoms with Crippen molar-refractivity contribution < 1.29 is 17.7 Å². The zero-order valence-electron chi connectivity index (χ0n) is 16.7. The molecule has 2 aromatic carbocycles. The summed E-state index contributed by atoms with van der Waals surface area (Å²) in [5.41, 5.74) is 2.89. The van der Waals surface area contributed by atoms with E-state index in [1.807, 2.05) is 31.2 Å². The van der Waals surface area contributed by atoms with E-state index < -0.39 is 15.9 Å². The highest BCUT2D eigenvalue weighted by molar-refractivity contribution is 7.92. The van der Waals surface area contributed by atoms with Crippen LogP contribution < -0.4 is 9.62 Å². The number of carbonyl (C=O) groups excluding carboxylic acids is 1. The molecule has 0 saturated heterocycles. The fourth-order valence-corrected chi connectivity index (χ4v) is 4.01. The van der Waals surface area contributed by atoms with Crippen molar-refractivity contribution in [3.8, 4) is 11.4 Å². The largest absolute Gasteiger partial charge is 0.345 e. The monoisotopic (exact) mass is 448 g/mol. The van der Waals surface area contributed by atoms with Gasteiger partial charge in [0.2, 0.25) is 27.6 Å². The predicted octanol–water partition coefficient (Wildman–Crippen LogP) is 3.09. The Morgan fingerprint density at radius 3 is 2.63 bits per heavy atom. The molecule has 0 bridgehead atoms. The van der Waals surface area contributed by atoms with Crippen molar-refractivity contribution >= 4 is 33.2 Å². The summed E-state index contributed by atoms with van der Waals surface area (Å²) in [5, 5.41) is 7.01. The van der Waals surface area contributed by atoms with Crippen molar-refractivity contribution in [2.75, 3.05) is 17.1 Å². The summed E-state index contributed by atoms with van der Waals surface area (Å²) in [4.78, 5) is 16.7. The van der Waals surface area contributed by atoms with Crippen LogP contribution in [0.4, 0.5) is 5.69 Å². The van der Waals surface area contributed by atoms with E-state index in [-0.39, 0.29) is 19.0 Å². The van der Waals surface area contributed by atoms with Crippen molar-refractivity contribution in [3.05, 3.63) is 64.5 Å². The van der Waals surface area contributed by atoms with E-state index in [4.69, 9.17) is 16.1 Å². The maximum absolute atomic E-state index is 12.4. The van der Waals surface area contributed by atoms with Crippen LogP contribution in [-0.4, -0.2) is 37.3 Å². The minimum absolute atomic E-state index is 0.0190. The van der Waals surface area contributed by atoms with Gasteiger partial charge in [-0.15, -0.1) is 0 Å². The number of anilines is 1. The number of benzene rings is 2. The van der Waals surface area contributed by atoms with Crippen LogP contribution >= 0.6 is 11.6 Å². The number of rotatable bonds is 7. The van der Waals surface area contributed by atoms with Crippen LogP contribution in [0.15, 0.2) is 47.0 Å². The van der Waals surface area contributed by atoms with Gasteiger partial charge in [-0.2, -0.15) is 4.98 Å². The third kappa shape index (κ3) is 5.37. The summed E-state index contributed by atoms with van der Waals surface area (Å²) in [6.07, 6.45) is 1.04. The molecule has 0 radical (unpaired) electrons. The Hall–Kier alpha value is -2.91. The first-order valence-corrected chi connectivity index (χ1v) is 11.3. The lowest BCUT2D eigenvalue weighted by atomic mass is 10.1. The smallest absolute Gasteiger partial charge is 0.246 e. The van der Waals surface area contributed by atoms with Crippen molar-refractivity contribution in [1.82, 2.24) is 15.5 Å². The second kappa shape index (κ2) is 8.85. The Morgan fingerprint density at radius 1 is 1.20 bits per heavy atom. The minimum atomic E-state index is -3.69. The van der Waals surface area contributed by atoms with Crippen molar-refractivity contribution in [1.29, 1.82) is 0 Å². The van der Waals surface area contributed by atoms with Crippen LogP contribution in [-0.2, 0) is 21.4 Å². The van der Waals surface area contributed by atoms with E-state index in [9.17, 15) is 13.2 Å². The van der Waals surface area contributed by atoms with E-state index in [1.54, 1.807) is 25.1 Å². The van der Waals surface area contributed by atoms with Crippen LogP contribution in [0, 0.1) is 13.8 Å². The number of carbonyl (C=O) groups is 1. The molecule has 1 heterocycles. The molecular formula is C20H21ClN4O4S. The number of hydrogen-bond acceptors (Lipinski definition) is 6. The van der Waals surface area contributed by atoms with Gasteiger partial charge < -0.3 is 9.84 Å². The Morgan fingerprint density at radius 2 is 1.97 bits per heavy atom. The highest BCUT2D eigenvalue weighted by Crippen LogP contribution is 2.25. The molecule has 3 aromatic rings. The number of nitrogens with zero attached hydrogens (tertiary/aromatic N) is 3. The topological polar surface area (TPSA) is 105 Å². The summed E-state index contributed by atoms with van der Waals surface area (Å²) in [5.74, 6) is 0.121. The molecule has 10 heteroatoms. The molecule has 1 N–H and O–H groups in total. The van der Waals surface area contributed by atoms with Gasteiger partial charge >= 0.3 is 0 Å². The van der Waals surface area contributed by atoms with Crippen LogP contribution in [0.25, 0.3) is 11.4 Å². The Balaban J connectivity index is 1.68. The lowest BCUT2D eigenvalue weighted by molar-refractivity contribution is -0.119. The SMILES string of the molecule is Cc1cccc(-c2noc(CNC(=O)CN(c3ccc(Cl)cc3C)S(C)(=O)=O)n2)c1. The zero-order chi connectivity index (χ0) is 21.9.